The fourth-order valence-corrected chi connectivity index (χ4v) is 2.22. The highest BCUT2D eigenvalue weighted by molar-refractivity contribution is 6.31. The van der Waals surface area contributed by atoms with Gasteiger partial charge in [0, 0.05) is 42.4 Å². The van der Waals surface area contributed by atoms with Gasteiger partial charge in [-0.1, -0.05) is 17.7 Å². The zero-order valence-electron chi connectivity index (χ0n) is 12.8. The summed E-state index contributed by atoms with van der Waals surface area (Å²) in [6, 6.07) is 10.1. The largest absolute Gasteiger partial charge is 0.338 e. The Morgan fingerprint density at radius 1 is 1.29 bits per heavy atom. The topological polar surface area (TPSA) is 63.5 Å². The summed E-state index contributed by atoms with van der Waals surface area (Å²) in [6.07, 6.45) is 2.85. The van der Waals surface area contributed by atoms with Crippen LogP contribution in [0.25, 0.3) is 6.08 Å². The third-order valence-corrected chi connectivity index (χ3v) is 3.71. The van der Waals surface area contributed by atoms with Crippen LogP contribution < -0.4 is 0 Å². The molecule has 2 aromatic rings. The minimum absolute atomic E-state index is 0.0233. The Morgan fingerprint density at radius 2 is 1.96 bits per heavy atom. The minimum Gasteiger partial charge on any atom is -0.338 e. The zero-order chi connectivity index (χ0) is 17.7. The summed E-state index contributed by atoms with van der Waals surface area (Å²) in [4.78, 5) is 23.5. The lowest BCUT2D eigenvalue weighted by Crippen LogP contribution is -2.24. The number of rotatable bonds is 5. The van der Waals surface area contributed by atoms with Crippen molar-refractivity contribution in [2.75, 3.05) is 7.05 Å². The van der Waals surface area contributed by atoms with Gasteiger partial charge in [-0.05, 0) is 35.9 Å². The Bertz CT molecular complexity index is 771. The van der Waals surface area contributed by atoms with E-state index >= 15 is 0 Å². The number of non-ortho nitro benzene ring substituents is 1. The van der Waals surface area contributed by atoms with Crippen molar-refractivity contribution in [1.29, 1.82) is 0 Å². The number of amides is 1. The molecule has 0 unspecified atom stereocenters. The molecule has 124 valence electrons. The Hall–Kier alpha value is -2.73. The lowest BCUT2D eigenvalue weighted by Gasteiger charge is -2.16. The van der Waals surface area contributed by atoms with E-state index in [4.69, 9.17) is 11.6 Å². The van der Waals surface area contributed by atoms with Gasteiger partial charge in [-0.2, -0.15) is 0 Å². The van der Waals surface area contributed by atoms with Crippen LogP contribution in [0.15, 0.2) is 48.5 Å². The van der Waals surface area contributed by atoms with Gasteiger partial charge < -0.3 is 4.90 Å². The number of hydrogen-bond acceptors (Lipinski definition) is 3. The molecule has 0 saturated carbocycles. The van der Waals surface area contributed by atoms with E-state index in [1.54, 1.807) is 6.07 Å². The average molecular weight is 349 g/mol. The van der Waals surface area contributed by atoms with Crippen LogP contribution in [0.1, 0.15) is 11.1 Å². The third kappa shape index (κ3) is 4.39. The summed E-state index contributed by atoms with van der Waals surface area (Å²) in [5, 5.41) is 10.8. The van der Waals surface area contributed by atoms with Gasteiger partial charge in [0.2, 0.25) is 5.91 Å². The van der Waals surface area contributed by atoms with Gasteiger partial charge in [0.15, 0.2) is 0 Å². The molecule has 2 rings (SSSR count). The first-order chi connectivity index (χ1) is 11.4. The van der Waals surface area contributed by atoms with Crippen molar-refractivity contribution in [2.45, 2.75) is 6.54 Å². The summed E-state index contributed by atoms with van der Waals surface area (Å²) >= 11 is 5.94. The number of nitro groups is 1. The van der Waals surface area contributed by atoms with Crippen LogP contribution >= 0.6 is 11.6 Å². The van der Waals surface area contributed by atoms with Gasteiger partial charge in [0.25, 0.3) is 5.69 Å². The number of benzene rings is 2. The van der Waals surface area contributed by atoms with E-state index < -0.39 is 10.7 Å². The monoisotopic (exact) mass is 348 g/mol. The quantitative estimate of drug-likeness (QED) is 0.465. The molecule has 0 aliphatic rings. The number of carbonyl (C=O) groups is 1. The molecule has 2 aromatic carbocycles. The number of nitro benzene ring substituents is 1. The molecular weight excluding hydrogens is 335 g/mol. The maximum atomic E-state index is 13.7. The van der Waals surface area contributed by atoms with Crippen LogP contribution in [0.4, 0.5) is 10.1 Å². The molecule has 0 aliphatic carbocycles. The van der Waals surface area contributed by atoms with Crippen molar-refractivity contribution < 1.29 is 14.1 Å². The van der Waals surface area contributed by atoms with Crippen molar-refractivity contribution >= 4 is 29.3 Å². The van der Waals surface area contributed by atoms with Gasteiger partial charge in [0.1, 0.15) is 5.82 Å². The molecule has 0 spiro atoms. The molecule has 0 atom stereocenters. The van der Waals surface area contributed by atoms with E-state index in [0.717, 1.165) is 0 Å². The summed E-state index contributed by atoms with van der Waals surface area (Å²) in [7, 11) is 1.53. The number of halogens is 2. The molecule has 0 saturated heterocycles. The predicted octanol–water partition coefficient (Wildman–Crippen LogP) is 4.06. The third-order valence-electron chi connectivity index (χ3n) is 3.36. The maximum Gasteiger partial charge on any atom is 0.269 e. The van der Waals surface area contributed by atoms with Crippen LogP contribution in [0.2, 0.25) is 5.02 Å². The number of nitrogens with zero attached hydrogens (tertiary/aromatic N) is 2. The molecule has 0 aliphatic heterocycles. The first-order valence-electron chi connectivity index (χ1n) is 6.99. The molecule has 7 heteroatoms. The van der Waals surface area contributed by atoms with Crippen LogP contribution in [-0.2, 0) is 11.3 Å². The number of hydrogen-bond donors (Lipinski definition) is 0. The fourth-order valence-electron chi connectivity index (χ4n) is 2.00. The van der Waals surface area contributed by atoms with Crippen molar-refractivity contribution in [3.8, 4) is 0 Å². The molecule has 0 bridgehead atoms. The van der Waals surface area contributed by atoms with Crippen LogP contribution in [0.3, 0.4) is 0 Å². The second-order valence-electron chi connectivity index (χ2n) is 5.08. The summed E-state index contributed by atoms with van der Waals surface area (Å²) in [5.41, 5.74) is 0.870. The molecule has 0 aromatic heterocycles. The standard InChI is InChI=1S/C17H14ClFN2O3/c1-20(11-14-15(18)3-2-4-16(14)19)17(22)10-7-12-5-8-13(9-6-12)21(23)24/h2-10H,11H2,1H3/b10-7+. The van der Waals surface area contributed by atoms with Crippen molar-refractivity contribution in [3.63, 3.8) is 0 Å². The van der Waals surface area contributed by atoms with E-state index in [-0.39, 0.29) is 28.7 Å². The van der Waals surface area contributed by atoms with E-state index in [0.29, 0.717) is 5.56 Å². The van der Waals surface area contributed by atoms with Crippen LogP contribution in [-0.4, -0.2) is 22.8 Å². The summed E-state index contributed by atoms with van der Waals surface area (Å²) < 4.78 is 13.7. The number of carbonyl (C=O) groups excluding carboxylic acids is 1. The van der Waals surface area contributed by atoms with Gasteiger partial charge >= 0.3 is 0 Å². The maximum absolute atomic E-state index is 13.7. The highest BCUT2D eigenvalue weighted by atomic mass is 35.5. The van der Waals surface area contributed by atoms with Crippen molar-refractivity contribution in [2.24, 2.45) is 0 Å². The predicted molar refractivity (Wildman–Crippen MR) is 90.0 cm³/mol. The molecular formula is C17H14ClFN2O3. The molecule has 24 heavy (non-hydrogen) atoms. The van der Waals surface area contributed by atoms with E-state index in [9.17, 15) is 19.3 Å². The molecule has 0 heterocycles. The average Bonchev–Trinajstić information content (AvgIpc) is 2.56. The van der Waals surface area contributed by atoms with E-state index in [1.165, 1.54) is 60.5 Å². The normalized spacial score (nSPS) is 10.8. The van der Waals surface area contributed by atoms with E-state index in [2.05, 4.69) is 0 Å². The lowest BCUT2D eigenvalue weighted by atomic mass is 10.2. The molecule has 0 fully saturated rings. The first kappa shape index (κ1) is 17.6. The molecule has 0 radical (unpaired) electrons. The van der Waals surface area contributed by atoms with Gasteiger partial charge in [-0.3, -0.25) is 14.9 Å². The molecule has 0 N–H and O–H groups in total. The Balaban J connectivity index is 2.04. The van der Waals surface area contributed by atoms with Crippen LogP contribution in [0.5, 0.6) is 0 Å². The van der Waals surface area contributed by atoms with E-state index in [1.807, 2.05) is 0 Å². The Morgan fingerprint density at radius 3 is 2.54 bits per heavy atom. The smallest absolute Gasteiger partial charge is 0.269 e. The highest BCUT2D eigenvalue weighted by Gasteiger charge is 2.12. The molecule has 1 amide bonds. The lowest BCUT2D eigenvalue weighted by molar-refractivity contribution is -0.384. The Kier molecular flexibility index (Phi) is 5.65. The molecule has 5 nitrogen and oxygen atoms in total. The van der Waals surface area contributed by atoms with Crippen molar-refractivity contribution in [3.05, 3.63) is 80.6 Å². The Labute approximate surface area is 143 Å². The van der Waals surface area contributed by atoms with Gasteiger partial charge in [-0.15, -0.1) is 0 Å². The summed E-state index contributed by atoms with van der Waals surface area (Å²) in [6.45, 7) is 0.0366. The SMILES string of the molecule is CN(Cc1c(F)cccc1Cl)C(=O)/C=C/c1ccc([N+](=O)[O-])cc1. The fraction of sp³-hybridized carbons (Fsp3) is 0.118. The second-order valence-corrected chi connectivity index (χ2v) is 5.48. The van der Waals surface area contributed by atoms with Crippen LogP contribution in [0, 0.1) is 15.9 Å². The summed E-state index contributed by atoms with van der Waals surface area (Å²) in [5.74, 6) is -0.811. The first-order valence-corrected chi connectivity index (χ1v) is 7.37. The number of likely N-dealkylation sites (N-methyl/N-ethyl adjacent to an activating group) is 1. The van der Waals surface area contributed by atoms with Gasteiger partial charge in [0.05, 0.1) is 4.92 Å². The second kappa shape index (κ2) is 7.70. The van der Waals surface area contributed by atoms with Crippen molar-refractivity contribution in [1.82, 2.24) is 4.90 Å². The highest BCUT2D eigenvalue weighted by Crippen LogP contribution is 2.20. The zero-order valence-corrected chi connectivity index (χ0v) is 13.5. The van der Waals surface area contributed by atoms with Gasteiger partial charge in [-0.25, -0.2) is 4.39 Å². The minimum atomic E-state index is -0.495.